The summed E-state index contributed by atoms with van der Waals surface area (Å²) in [6, 6.07) is 10.6. The third-order valence-electron chi connectivity index (χ3n) is 4.12. The van der Waals surface area contributed by atoms with Crippen LogP contribution in [-0.2, 0) is 13.1 Å². The third-order valence-corrected chi connectivity index (χ3v) is 4.12. The lowest BCUT2D eigenvalue weighted by Crippen LogP contribution is -2.38. The number of hydrogen-bond donors (Lipinski definition) is 2. The average molecular weight is 342 g/mol. The molecule has 1 heterocycles. The summed E-state index contributed by atoms with van der Waals surface area (Å²) in [6.45, 7) is 7.98. The van der Waals surface area contributed by atoms with Gasteiger partial charge in [-0.3, -0.25) is 4.68 Å². The van der Waals surface area contributed by atoms with Gasteiger partial charge in [0.1, 0.15) is 0 Å². The Morgan fingerprint density at radius 2 is 1.92 bits per heavy atom. The lowest BCUT2D eigenvalue weighted by atomic mass is 10.0. The average Bonchev–Trinajstić information content (AvgIpc) is 3.01. The first-order valence-corrected chi connectivity index (χ1v) is 9.14. The molecule has 1 aromatic carbocycles. The molecule has 0 spiro atoms. The SMILES string of the molecule is CC(C)CCCC(C)NC(N)=NCc1cnn(Cc2ccccc2)c1. The van der Waals surface area contributed by atoms with Gasteiger partial charge in [0.2, 0.25) is 0 Å². The van der Waals surface area contributed by atoms with Gasteiger partial charge in [0.25, 0.3) is 0 Å². The lowest BCUT2D eigenvalue weighted by Gasteiger charge is -2.14. The number of nitrogens with two attached hydrogens (primary N) is 1. The molecular weight excluding hydrogens is 310 g/mol. The number of rotatable bonds is 9. The molecule has 3 N–H and O–H groups in total. The fourth-order valence-electron chi connectivity index (χ4n) is 2.72. The summed E-state index contributed by atoms with van der Waals surface area (Å²) in [5.41, 5.74) is 8.29. The van der Waals surface area contributed by atoms with E-state index < -0.39 is 0 Å². The minimum absolute atomic E-state index is 0.350. The second kappa shape index (κ2) is 9.87. The Balaban J connectivity index is 1.77. The van der Waals surface area contributed by atoms with Crippen molar-refractivity contribution in [1.29, 1.82) is 0 Å². The number of hydrogen-bond acceptors (Lipinski definition) is 2. The van der Waals surface area contributed by atoms with E-state index in [-0.39, 0.29) is 0 Å². The van der Waals surface area contributed by atoms with E-state index in [1.54, 1.807) is 0 Å². The van der Waals surface area contributed by atoms with Gasteiger partial charge < -0.3 is 11.1 Å². The number of aliphatic imine (C=N–C) groups is 1. The summed E-state index contributed by atoms with van der Waals surface area (Å²) in [4.78, 5) is 4.43. The van der Waals surface area contributed by atoms with Gasteiger partial charge in [-0.15, -0.1) is 0 Å². The zero-order valence-corrected chi connectivity index (χ0v) is 15.7. The highest BCUT2D eigenvalue weighted by Gasteiger charge is 2.04. The van der Waals surface area contributed by atoms with Crippen LogP contribution >= 0.6 is 0 Å². The molecule has 0 saturated carbocycles. The van der Waals surface area contributed by atoms with Crippen molar-refractivity contribution >= 4 is 5.96 Å². The van der Waals surface area contributed by atoms with Gasteiger partial charge in [-0.05, 0) is 24.8 Å². The standard InChI is InChI=1S/C20H31N5/c1-16(2)8-7-9-17(3)24-20(21)22-12-19-13-23-25(15-19)14-18-10-5-4-6-11-18/h4-6,10-11,13,15-17H,7-9,12,14H2,1-3H3,(H3,21,22,24). The van der Waals surface area contributed by atoms with E-state index in [0.29, 0.717) is 18.5 Å². The minimum Gasteiger partial charge on any atom is -0.370 e. The van der Waals surface area contributed by atoms with E-state index in [1.807, 2.05) is 35.3 Å². The van der Waals surface area contributed by atoms with Gasteiger partial charge in [-0.1, -0.05) is 57.0 Å². The number of aromatic nitrogens is 2. The Hall–Kier alpha value is -2.30. The van der Waals surface area contributed by atoms with Crippen molar-refractivity contribution in [2.24, 2.45) is 16.6 Å². The quantitative estimate of drug-likeness (QED) is 0.541. The van der Waals surface area contributed by atoms with Crippen molar-refractivity contribution in [1.82, 2.24) is 15.1 Å². The third kappa shape index (κ3) is 7.42. The highest BCUT2D eigenvalue weighted by atomic mass is 15.3. The molecule has 1 atom stereocenters. The molecule has 0 radical (unpaired) electrons. The highest BCUT2D eigenvalue weighted by Crippen LogP contribution is 2.08. The van der Waals surface area contributed by atoms with Crippen molar-refractivity contribution in [2.45, 2.75) is 59.2 Å². The van der Waals surface area contributed by atoms with Crippen LogP contribution in [0.25, 0.3) is 0 Å². The molecule has 25 heavy (non-hydrogen) atoms. The molecule has 5 heteroatoms. The molecule has 2 aromatic rings. The first-order chi connectivity index (χ1) is 12.0. The van der Waals surface area contributed by atoms with E-state index in [1.165, 1.54) is 18.4 Å². The van der Waals surface area contributed by atoms with Crippen LogP contribution in [0, 0.1) is 5.92 Å². The summed E-state index contributed by atoms with van der Waals surface area (Å²) in [7, 11) is 0. The Kier molecular flexibility index (Phi) is 7.51. The number of guanidine groups is 1. The van der Waals surface area contributed by atoms with Gasteiger partial charge in [0.05, 0.1) is 19.3 Å². The Morgan fingerprint density at radius 1 is 1.16 bits per heavy atom. The summed E-state index contributed by atoms with van der Waals surface area (Å²) < 4.78 is 1.93. The van der Waals surface area contributed by atoms with Gasteiger partial charge in [-0.25, -0.2) is 4.99 Å². The summed E-state index contributed by atoms with van der Waals surface area (Å²) in [5, 5.41) is 7.66. The predicted octanol–water partition coefficient (Wildman–Crippen LogP) is 3.55. The van der Waals surface area contributed by atoms with Crippen LogP contribution in [-0.4, -0.2) is 21.8 Å². The molecule has 136 valence electrons. The lowest BCUT2D eigenvalue weighted by molar-refractivity contribution is 0.493. The van der Waals surface area contributed by atoms with Crippen LogP contribution in [0.1, 0.15) is 51.2 Å². The highest BCUT2D eigenvalue weighted by molar-refractivity contribution is 5.78. The Morgan fingerprint density at radius 3 is 2.64 bits per heavy atom. The molecular formula is C20H31N5. The molecule has 1 unspecified atom stereocenters. The van der Waals surface area contributed by atoms with Crippen LogP contribution in [0.15, 0.2) is 47.7 Å². The van der Waals surface area contributed by atoms with Crippen molar-refractivity contribution in [2.75, 3.05) is 0 Å². The topological polar surface area (TPSA) is 68.2 Å². The predicted molar refractivity (Wildman–Crippen MR) is 104 cm³/mol. The molecule has 0 amide bonds. The van der Waals surface area contributed by atoms with Crippen molar-refractivity contribution < 1.29 is 0 Å². The molecule has 5 nitrogen and oxygen atoms in total. The zero-order valence-electron chi connectivity index (χ0n) is 15.7. The second-order valence-corrected chi connectivity index (χ2v) is 7.10. The maximum absolute atomic E-state index is 6.00. The molecule has 0 aliphatic heterocycles. The largest absolute Gasteiger partial charge is 0.370 e. The van der Waals surface area contributed by atoms with Gasteiger partial charge in [-0.2, -0.15) is 5.10 Å². The van der Waals surface area contributed by atoms with Crippen molar-refractivity contribution in [3.8, 4) is 0 Å². The first-order valence-electron chi connectivity index (χ1n) is 9.14. The van der Waals surface area contributed by atoms with Crippen LogP contribution < -0.4 is 11.1 Å². The van der Waals surface area contributed by atoms with Gasteiger partial charge in [0, 0.05) is 17.8 Å². The number of benzene rings is 1. The zero-order chi connectivity index (χ0) is 18.1. The summed E-state index contributed by atoms with van der Waals surface area (Å²) in [6.07, 6.45) is 7.46. The van der Waals surface area contributed by atoms with Crippen LogP contribution in [0.2, 0.25) is 0 Å². The fraction of sp³-hybridized carbons (Fsp3) is 0.500. The number of nitrogens with zero attached hydrogens (tertiary/aromatic N) is 3. The van der Waals surface area contributed by atoms with Crippen LogP contribution in [0.3, 0.4) is 0 Å². The van der Waals surface area contributed by atoms with Crippen LogP contribution in [0.5, 0.6) is 0 Å². The van der Waals surface area contributed by atoms with E-state index >= 15 is 0 Å². The minimum atomic E-state index is 0.350. The fourth-order valence-corrected chi connectivity index (χ4v) is 2.72. The van der Waals surface area contributed by atoms with Crippen molar-refractivity contribution in [3.63, 3.8) is 0 Å². The van der Waals surface area contributed by atoms with E-state index in [4.69, 9.17) is 5.73 Å². The maximum atomic E-state index is 6.00. The van der Waals surface area contributed by atoms with E-state index in [0.717, 1.165) is 24.4 Å². The Labute approximate surface area is 151 Å². The molecule has 2 rings (SSSR count). The smallest absolute Gasteiger partial charge is 0.189 e. The molecule has 0 fully saturated rings. The van der Waals surface area contributed by atoms with Gasteiger partial charge in [0.15, 0.2) is 5.96 Å². The molecule has 0 bridgehead atoms. The van der Waals surface area contributed by atoms with Crippen molar-refractivity contribution in [3.05, 3.63) is 53.9 Å². The number of nitrogens with one attached hydrogen (secondary N) is 1. The molecule has 0 aliphatic carbocycles. The monoisotopic (exact) mass is 341 g/mol. The van der Waals surface area contributed by atoms with Crippen LogP contribution in [0.4, 0.5) is 0 Å². The van der Waals surface area contributed by atoms with E-state index in [9.17, 15) is 0 Å². The van der Waals surface area contributed by atoms with Gasteiger partial charge >= 0.3 is 0 Å². The summed E-state index contributed by atoms with van der Waals surface area (Å²) >= 11 is 0. The Bertz CT molecular complexity index is 645. The maximum Gasteiger partial charge on any atom is 0.189 e. The van der Waals surface area contributed by atoms with E-state index in [2.05, 4.69) is 48.3 Å². The molecule has 0 saturated heterocycles. The second-order valence-electron chi connectivity index (χ2n) is 7.10. The normalized spacial score (nSPS) is 13.2. The molecule has 1 aromatic heterocycles. The summed E-state index contributed by atoms with van der Waals surface area (Å²) in [5.74, 6) is 1.26. The first kappa shape index (κ1) is 19.0. The molecule has 0 aliphatic rings.